The molecule has 1 atom stereocenters. The third-order valence-corrected chi connectivity index (χ3v) is 4.92. The van der Waals surface area contributed by atoms with Gasteiger partial charge in [-0.1, -0.05) is 70.4 Å². The molecule has 0 saturated heterocycles. The Morgan fingerprint density at radius 1 is 0.880 bits per heavy atom. The second-order valence-electron chi connectivity index (χ2n) is 6.85. The van der Waals surface area contributed by atoms with Gasteiger partial charge < -0.3 is 9.47 Å². The molecule has 25 heavy (non-hydrogen) atoms. The van der Waals surface area contributed by atoms with Crippen LogP contribution in [0.3, 0.4) is 0 Å². The van der Waals surface area contributed by atoms with Crippen molar-refractivity contribution in [2.24, 2.45) is 0 Å². The predicted molar refractivity (Wildman–Crippen MR) is 104 cm³/mol. The Hall–Kier alpha value is -1.51. The summed E-state index contributed by atoms with van der Waals surface area (Å²) in [5.74, 6) is 1.18. The van der Waals surface area contributed by atoms with E-state index in [4.69, 9.17) is 9.47 Å². The summed E-state index contributed by atoms with van der Waals surface area (Å²) in [7, 11) is 3.15. The third kappa shape index (κ3) is 9.52. The minimum Gasteiger partial charge on any atom is -0.497 e. The van der Waals surface area contributed by atoms with Crippen LogP contribution in [0.1, 0.15) is 89.0 Å². The Labute approximate surface area is 154 Å². The summed E-state index contributed by atoms with van der Waals surface area (Å²) in [5.41, 5.74) is 1.30. The van der Waals surface area contributed by atoms with Gasteiger partial charge in [0.25, 0.3) is 0 Å². The van der Waals surface area contributed by atoms with Crippen molar-refractivity contribution in [1.29, 1.82) is 0 Å². The fraction of sp³-hybridized carbons (Fsp3) is 0.682. The summed E-state index contributed by atoms with van der Waals surface area (Å²) in [4.78, 5) is 11.5. The highest BCUT2D eigenvalue weighted by atomic mass is 16.5. The van der Waals surface area contributed by atoms with Gasteiger partial charge in [-0.2, -0.15) is 0 Å². The van der Waals surface area contributed by atoms with Crippen molar-refractivity contribution in [2.45, 2.75) is 83.5 Å². The van der Waals surface area contributed by atoms with Crippen molar-refractivity contribution in [3.63, 3.8) is 0 Å². The lowest BCUT2D eigenvalue weighted by Crippen LogP contribution is -2.06. The van der Waals surface area contributed by atoms with Crippen LogP contribution in [-0.2, 0) is 9.53 Å². The molecule has 1 aromatic carbocycles. The highest BCUT2D eigenvalue weighted by Gasteiger charge is 2.14. The van der Waals surface area contributed by atoms with Gasteiger partial charge in [-0.15, -0.1) is 0 Å². The molecular weight excluding hydrogens is 312 g/mol. The molecule has 1 aromatic rings. The Morgan fingerprint density at radius 3 is 2.04 bits per heavy atom. The molecule has 0 amide bonds. The van der Waals surface area contributed by atoms with E-state index in [0.717, 1.165) is 18.6 Å². The molecule has 0 aliphatic heterocycles. The SMILES string of the molecule is CCCCCCCCCCC(CCC(=O)OC)c1ccc(OC)cc1. The van der Waals surface area contributed by atoms with Crippen LogP contribution in [0.25, 0.3) is 0 Å². The van der Waals surface area contributed by atoms with Crippen LogP contribution in [0.4, 0.5) is 0 Å². The molecule has 1 unspecified atom stereocenters. The number of benzene rings is 1. The zero-order valence-electron chi connectivity index (χ0n) is 16.4. The Kier molecular flexibility index (Phi) is 11.8. The molecule has 0 radical (unpaired) electrons. The lowest BCUT2D eigenvalue weighted by atomic mass is 9.89. The second kappa shape index (κ2) is 13.7. The average Bonchev–Trinajstić information content (AvgIpc) is 2.66. The van der Waals surface area contributed by atoms with E-state index in [-0.39, 0.29) is 5.97 Å². The molecule has 0 bridgehead atoms. The predicted octanol–water partition coefficient (Wildman–Crippen LogP) is 6.26. The first-order valence-corrected chi connectivity index (χ1v) is 9.92. The van der Waals surface area contributed by atoms with Crippen molar-refractivity contribution in [1.82, 2.24) is 0 Å². The van der Waals surface area contributed by atoms with Crippen molar-refractivity contribution < 1.29 is 14.3 Å². The molecule has 1 rings (SSSR count). The molecule has 3 nitrogen and oxygen atoms in total. The van der Waals surface area contributed by atoms with Gasteiger partial charge in [0.2, 0.25) is 0 Å². The Balaban J connectivity index is 2.41. The summed E-state index contributed by atoms with van der Waals surface area (Å²) in [6.45, 7) is 2.26. The number of rotatable bonds is 14. The van der Waals surface area contributed by atoms with Gasteiger partial charge in [0.05, 0.1) is 14.2 Å². The lowest BCUT2D eigenvalue weighted by molar-refractivity contribution is -0.140. The fourth-order valence-electron chi connectivity index (χ4n) is 3.27. The van der Waals surface area contributed by atoms with E-state index in [0.29, 0.717) is 12.3 Å². The van der Waals surface area contributed by atoms with Gasteiger partial charge in [-0.3, -0.25) is 4.79 Å². The van der Waals surface area contributed by atoms with Crippen LogP contribution in [0.2, 0.25) is 0 Å². The van der Waals surface area contributed by atoms with E-state index in [1.165, 1.54) is 64.0 Å². The third-order valence-electron chi connectivity index (χ3n) is 4.92. The molecule has 0 spiro atoms. The molecule has 0 heterocycles. The van der Waals surface area contributed by atoms with Crippen LogP contribution in [0.5, 0.6) is 5.75 Å². The summed E-state index contributed by atoms with van der Waals surface area (Å²) in [6.07, 6.45) is 13.1. The zero-order chi connectivity index (χ0) is 18.3. The quantitative estimate of drug-likeness (QED) is 0.294. The number of unbranched alkanes of at least 4 members (excludes halogenated alkanes) is 7. The topological polar surface area (TPSA) is 35.5 Å². The molecule has 142 valence electrons. The highest BCUT2D eigenvalue weighted by Crippen LogP contribution is 2.29. The number of methoxy groups -OCH3 is 2. The number of hydrogen-bond acceptors (Lipinski definition) is 3. The van der Waals surface area contributed by atoms with Gasteiger partial charge in [0.1, 0.15) is 5.75 Å². The number of carbonyl (C=O) groups excluding carboxylic acids is 1. The number of ether oxygens (including phenoxy) is 2. The first-order chi connectivity index (χ1) is 12.2. The zero-order valence-corrected chi connectivity index (χ0v) is 16.4. The van der Waals surface area contributed by atoms with Crippen LogP contribution in [0.15, 0.2) is 24.3 Å². The van der Waals surface area contributed by atoms with Gasteiger partial charge in [-0.05, 0) is 36.5 Å². The Bertz CT molecular complexity index is 453. The van der Waals surface area contributed by atoms with E-state index in [1.54, 1.807) is 7.11 Å². The molecule has 0 aliphatic carbocycles. The summed E-state index contributed by atoms with van der Waals surface area (Å²) in [6, 6.07) is 8.28. The van der Waals surface area contributed by atoms with E-state index < -0.39 is 0 Å². The first kappa shape index (κ1) is 21.5. The van der Waals surface area contributed by atoms with Gasteiger partial charge in [0, 0.05) is 6.42 Å². The normalized spacial score (nSPS) is 12.0. The van der Waals surface area contributed by atoms with Crippen molar-refractivity contribution in [3.8, 4) is 5.75 Å². The van der Waals surface area contributed by atoms with E-state index >= 15 is 0 Å². The molecule has 0 saturated carbocycles. The van der Waals surface area contributed by atoms with Crippen LogP contribution < -0.4 is 4.74 Å². The molecule has 0 N–H and O–H groups in total. The average molecular weight is 349 g/mol. The molecule has 3 heteroatoms. The van der Waals surface area contributed by atoms with Gasteiger partial charge in [0.15, 0.2) is 0 Å². The monoisotopic (exact) mass is 348 g/mol. The van der Waals surface area contributed by atoms with Gasteiger partial charge in [-0.25, -0.2) is 0 Å². The smallest absolute Gasteiger partial charge is 0.305 e. The maximum Gasteiger partial charge on any atom is 0.305 e. The number of carbonyl (C=O) groups is 1. The largest absolute Gasteiger partial charge is 0.497 e. The van der Waals surface area contributed by atoms with Crippen molar-refractivity contribution >= 4 is 5.97 Å². The fourth-order valence-corrected chi connectivity index (χ4v) is 3.27. The van der Waals surface area contributed by atoms with Gasteiger partial charge >= 0.3 is 5.97 Å². The molecular formula is C22H36O3. The number of esters is 1. The van der Waals surface area contributed by atoms with E-state index in [9.17, 15) is 4.79 Å². The first-order valence-electron chi connectivity index (χ1n) is 9.92. The van der Waals surface area contributed by atoms with Crippen LogP contribution >= 0.6 is 0 Å². The maximum absolute atomic E-state index is 11.5. The Morgan fingerprint density at radius 2 is 1.48 bits per heavy atom. The van der Waals surface area contributed by atoms with E-state index in [2.05, 4.69) is 19.1 Å². The summed E-state index contributed by atoms with van der Waals surface area (Å²) in [5, 5.41) is 0. The number of hydrogen-bond donors (Lipinski definition) is 0. The lowest BCUT2D eigenvalue weighted by Gasteiger charge is -2.17. The molecule has 0 aliphatic rings. The maximum atomic E-state index is 11.5. The molecule has 0 fully saturated rings. The summed E-state index contributed by atoms with van der Waals surface area (Å²) < 4.78 is 10.0. The van der Waals surface area contributed by atoms with Crippen LogP contribution in [0, 0.1) is 0 Å². The molecule has 0 aromatic heterocycles. The standard InChI is InChI=1S/C22H36O3/c1-4-5-6-7-8-9-10-11-12-19(15-18-22(23)25-3)20-13-16-21(24-2)17-14-20/h13-14,16-17,19H,4-12,15,18H2,1-3H3. The van der Waals surface area contributed by atoms with Crippen molar-refractivity contribution in [2.75, 3.05) is 14.2 Å². The van der Waals surface area contributed by atoms with Crippen molar-refractivity contribution in [3.05, 3.63) is 29.8 Å². The van der Waals surface area contributed by atoms with Crippen LogP contribution in [-0.4, -0.2) is 20.2 Å². The summed E-state index contributed by atoms with van der Waals surface area (Å²) >= 11 is 0. The highest BCUT2D eigenvalue weighted by molar-refractivity contribution is 5.69. The van der Waals surface area contributed by atoms with E-state index in [1.807, 2.05) is 12.1 Å². The second-order valence-corrected chi connectivity index (χ2v) is 6.85. The minimum atomic E-state index is -0.116. The minimum absolute atomic E-state index is 0.116.